The Morgan fingerprint density at radius 3 is 2.79 bits per heavy atom. The summed E-state index contributed by atoms with van der Waals surface area (Å²) in [4.78, 5) is 0. The molecule has 0 bridgehead atoms. The molecule has 1 aromatic rings. The molecule has 0 atom stereocenters. The van der Waals surface area contributed by atoms with Gasteiger partial charge < -0.3 is 9.47 Å². The predicted molar refractivity (Wildman–Crippen MR) is 46.1 cm³/mol. The van der Waals surface area contributed by atoms with Gasteiger partial charge >= 0.3 is 5.92 Å². The second-order valence-electron chi connectivity index (χ2n) is 2.96. The van der Waals surface area contributed by atoms with Gasteiger partial charge in [-0.15, -0.1) is 0 Å². The Bertz CT molecular complexity index is 374. The molecule has 74 valence electrons. The van der Waals surface area contributed by atoms with Crippen LogP contribution in [0.1, 0.15) is 5.56 Å². The van der Waals surface area contributed by atoms with Gasteiger partial charge in [-0.3, -0.25) is 0 Å². The number of fused-ring (bicyclic) bond motifs is 1. The molecule has 0 aliphatic carbocycles. The molecule has 0 saturated heterocycles. The largest absolute Gasteiger partial charge is 0.459 e. The van der Waals surface area contributed by atoms with Gasteiger partial charge in [0.25, 0.3) is 5.95 Å². The molecule has 0 fully saturated rings. The summed E-state index contributed by atoms with van der Waals surface area (Å²) in [5.74, 6) is -3.04. The van der Waals surface area contributed by atoms with Gasteiger partial charge in [0, 0.05) is 0 Å². The first-order valence-electron chi connectivity index (χ1n) is 4.06. The molecule has 4 heteroatoms. The molecule has 0 unspecified atom stereocenters. The van der Waals surface area contributed by atoms with Gasteiger partial charge in [0.15, 0.2) is 6.61 Å². The maximum atomic E-state index is 13.4. The van der Waals surface area contributed by atoms with Crippen LogP contribution in [0.25, 0.3) is 0 Å². The normalized spacial score (nSPS) is 18.9. The smallest absolute Gasteiger partial charge is 0.310 e. The van der Waals surface area contributed by atoms with E-state index in [0.29, 0.717) is 0 Å². The Labute approximate surface area is 79.8 Å². The van der Waals surface area contributed by atoms with Crippen LogP contribution in [0, 0.1) is 0 Å². The van der Waals surface area contributed by atoms with Gasteiger partial charge in [-0.05, 0) is 18.7 Å². The fraction of sp³-hybridized carbons (Fsp3) is 0.200. The summed E-state index contributed by atoms with van der Waals surface area (Å²) in [7, 11) is 0. The Kier molecular flexibility index (Phi) is 1.91. The third-order valence-electron chi connectivity index (χ3n) is 1.92. The van der Waals surface area contributed by atoms with Crippen molar-refractivity contribution >= 4 is 0 Å². The van der Waals surface area contributed by atoms with Crippen LogP contribution in [-0.2, 0) is 10.7 Å². The molecule has 0 N–H and O–H groups in total. The minimum Gasteiger partial charge on any atom is -0.459 e. The van der Waals surface area contributed by atoms with E-state index in [-0.39, 0.29) is 17.3 Å². The number of rotatable bonds is 0. The zero-order valence-electron chi connectivity index (χ0n) is 7.30. The van der Waals surface area contributed by atoms with E-state index in [2.05, 4.69) is 11.3 Å². The molecule has 0 saturated carbocycles. The van der Waals surface area contributed by atoms with Crippen molar-refractivity contribution in [3.8, 4) is 5.75 Å². The predicted octanol–water partition coefficient (Wildman–Crippen LogP) is 2.66. The van der Waals surface area contributed by atoms with Gasteiger partial charge in [0.05, 0.1) is 5.56 Å². The first kappa shape index (κ1) is 8.99. The Morgan fingerprint density at radius 1 is 1.29 bits per heavy atom. The molecular weight excluding hydrogens is 190 g/mol. The fourth-order valence-electron chi connectivity index (χ4n) is 1.26. The van der Waals surface area contributed by atoms with Crippen molar-refractivity contribution in [1.82, 2.24) is 0 Å². The zero-order chi connectivity index (χ0) is 10.2. The number of hydrogen-bond acceptors (Lipinski definition) is 2. The summed E-state index contributed by atoms with van der Waals surface area (Å²) in [5, 5.41) is 0. The second kappa shape index (κ2) is 2.97. The number of alkyl halides is 2. The van der Waals surface area contributed by atoms with Crippen molar-refractivity contribution in [1.29, 1.82) is 0 Å². The molecule has 1 heterocycles. The quantitative estimate of drug-likeness (QED) is 0.638. The van der Waals surface area contributed by atoms with Gasteiger partial charge in [-0.25, -0.2) is 0 Å². The lowest BCUT2D eigenvalue weighted by Gasteiger charge is -2.13. The average Bonchev–Trinajstić information content (AvgIpc) is 2.25. The SMILES string of the molecule is C=C1OCC(F)(F)c2ccccc2O1. The molecule has 0 aromatic heterocycles. The minimum absolute atomic E-state index is 0.0972. The van der Waals surface area contributed by atoms with E-state index < -0.39 is 12.5 Å². The highest BCUT2D eigenvalue weighted by atomic mass is 19.3. The van der Waals surface area contributed by atoms with Crippen molar-refractivity contribution in [2.24, 2.45) is 0 Å². The number of hydrogen-bond donors (Lipinski definition) is 0. The highest BCUT2D eigenvalue weighted by Gasteiger charge is 2.38. The second-order valence-corrected chi connectivity index (χ2v) is 2.96. The van der Waals surface area contributed by atoms with Crippen molar-refractivity contribution in [2.75, 3.05) is 6.61 Å². The molecule has 1 aliphatic rings. The summed E-state index contributed by atoms with van der Waals surface area (Å²) in [6.07, 6.45) is 0. The maximum absolute atomic E-state index is 13.4. The van der Waals surface area contributed by atoms with E-state index in [0.717, 1.165) is 0 Å². The molecule has 14 heavy (non-hydrogen) atoms. The van der Waals surface area contributed by atoms with E-state index in [1.807, 2.05) is 0 Å². The van der Waals surface area contributed by atoms with Gasteiger partial charge in [0.1, 0.15) is 5.75 Å². The molecular formula is C10H8F2O2. The lowest BCUT2D eigenvalue weighted by molar-refractivity contribution is -0.0689. The third-order valence-corrected chi connectivity index (χ3v) is 1.92. The van der Waals surface area contributed by atoms with E-state index >= 15 is 0 Å². The summed E-state index contributed by atoms with van der Waals surface area (Å²) in [6.45, 7) is 2.63. The topological polar surface area (TPSA) is 18.5 Å². The molecule has 0 amide bonds. The van der Waals surface area contributed by atoms with Crippen LogP contribution in [0.4, 0.5) is 8.78 Å². The Morgan fingerprint density at radius 2 is 2.00 bits per heavy atom. The number of para-hydroxylation sites is 1. The van der Waals surface area contributed by atoms with Gasteiger partial charge in [0.2, 0.25) is 0 Å². The Balaban J connectivity index is 2.52. The first-order chi connectivity index (χ1) is 6.59. The molecule has 2 nitrogen and oxygen atoms in total. The number of benzene rings is 1. The van der Waals surface area contributed by atoms with Crippen molar-refractivity contribution < 1.29 is 18.3 Å². The molecule has 0 radical (unpaired) electrons. The van der Waals surface area contributed by atoms with E-state index in [1.165, 1.54) is 18.2 Å². The van der Waals surface area contributed by atoms with Crippen LogP contribution >= 0.6 is 0 Å². The van der Waals surface area contributed by atoms with Crippen LogP contribution in [0.3, 0.4) is 0 Å². The van der Waals surface area contributed by atoms with Crippen LogP contribution in [0.15, 0.2) is 36.8 Å². The lowest BCUT2D eigenvalue weighted by atomic mass is 10.1. The van der Waals surface area contributed by atoms with Gasteiger partial charge in [-0.2, -0.15) is 8.78 Å². The molecule has 1 aliphatic heterocycles. The van der Waals surface area contributed by atoms with E-state index in [1.54, 1.807) is 6.07 Å². The summed E-state index contributed by atoms with van der Waals surface area (Å²) in [5.41, 5.74) is -0.168. The highest BCUT2D eigenvalue weighted by Crippen LogP contribution is 2.38. The fourth-order valence-corrected chi connectivity index (χ4v) is 1.26. The lowest BCUT2D eigenvalue weighted by Crippen LogP contribution is -2.18. The standard InChI is InChI=1S/C10H8F2O2/c1-7-13-6-10(11,12)8-4-2-3-5-9(8)14-7/h2-5H,1,6H2. The molecule has 0 spiro atoms. The van der Waals surface area contributed by atoms with Crippen LogP contribution in [-0.4, -0.2) is 6.61 Å². The Hall–Kier alpha value is -1.58. The van der Waals surface area contributed by atoms with Crippen LogP contribution < -0.4 is 4.74 Å². The van der Waals surface area contributed by atoms with E-state index in [9.17, 15) is 8.78 Å². The number of ether oxygens (including phenoxy) is 2. The first-order valence-corrected chi connectivity index (χ1v) is 4.06. The van der Waals surface area contributed by atoms with Crippen molar-refractivity contribution in [2.45, 2.75) is 5.92 Å². The van der Waals surface area contributed by atoms with E-state index in [4.69, 9.17) is 4.74 Å². The average molecular weight is 198 g/mol. The van der Waals surface area contributed by atoms with Crippen molar-refractivity contribution in [3.63, 3.8) is 0 Å². The molecule has 1 aromatic carbocycles. The third kappa shape index (κ3) is 1.43. The van der Waals surface area contributed by atoms with Crippen molar-refractivity contribution in [3.05, 3.63) is 42.4 Å². The summed E-state index contributed by atoms with van der Waals surface area (Å²) < 4.78 is 36.4. The number of halogens is 2. The minimum atomic E-state index is -3.03. The van der Waals surface area contributed by atoms with Crippen LogP contribution in [0.2, 0.25) is 0 Å². The zero-order valence-corrected chi connectivity index (χ0v) is 7.30. The highest BCUT2D eigenvalue weighted by molar-refractivity contribution is 5.38. The summed E-state index contributed by atoms with van der Waals surface area (Å²) >= 11 is 0. The maximum Gasteiger partial charge on any atom is 0.310 e. The monoisotopic (exact) mass is 198 g/mol. The van der Waals surface area contributed by atoms with Gasteiger partial charge in [-0.1, -0.05) is 12.1 Å². The van der Waals surface area contributed by atoms with Crippen LogP contribution in [0.5, 0.6) is 5.75 Å². The molecule has 2 rings (SSSR count). The summed E-state index contributed by atoms with van der Waals surface area (Å²) in [6, 6.07) is 5.93.